The van der Waals surface area contributed by atoms with Gasteiger partial charge in [0.1, 0.15) is 5.76 Å². The third-order valence-corrected chi connectivity index (χ3v) is 3.82. The summed E-state index contributed by atoms with van der Waals surface area (Å²) in [6.07, 6.45) is -0.998. The molecule has 0 aliphatic carbocycles. The zero-order chi connectivity index (χ0) is 16.9. The first-order valence-corrected chi connectivity index (χ1v) is 7.84. The minimum atomic E-state index is -0.998. The van der Waals surface area contributed by atoms with E-state index in [4.69, 9.17) is 13.9 Å². The van der Waals surface area contributed by atoms with Crippen molar-refractivity contribution in [1.82, 2.24) is 4.90 Å². The highest BCUT2D eigenvalue weighted by Gasteiger charge is 2.31. The molecule has 1 aliphatic rings. The molecule has 6 nitrogen and oxygen atoms in total. The van der Waals surface area contributed by atoms with E-state index < -0.39 is 12.1 Å². The fraction of sp³-hybridized carbons (Fsp3) is 0.333. The first-order valence-electron chi connectivity index (χ1n) is 7.84. The lowest BCUT2D eigenvalue weighted by atomic mass is 10.1. The lowest BCUT2D eigenvalue weighted by Gasteiger charge is -2.30. The van der Waals surface area contributed by atoms with Gasteiger partial charge >= 0.3 is 5.97 Å². The molecule has 0 unspecified atom stereocenters. The summed E-state index contributed by atoms with van der Waals surface area (Å²) in [4.78, 5) is 26.8. The number of rotatable bonds is 4. The zero-order valence-corrected chi connectivity index (χ0v) is 13.4. The van der Waals surface area contributed by atoms with Crippen molar-refractivity contribution in [2.75, 3.05) is 26.3 Å². The lowest BCUT2D eigenvalue weighted by Crippen LogP contribution is -2.44. The molecule has 6 heteroatoms. The summed E-state index contributed by atoms with van der Waals surface area (Å²) in [6, 6.07) is 12.2. The number of esters is 1. The van der Waals surface area contributed by atoms with Crippen LogP contribution in [0.4, 0.5) is 0 Å². The summed E-state index contributed by atoms with van der Waals surface area (Å²) >= 11 is 0. The number of aryl methyl sites for hydroxylation is 1. The van der Waals surface area contributed by atoms with Crippen LogP contribution in [0.15, 0.2) is 46.9 Å². The smallest absolute Gasteiger partial charge is 0.375 e. The Kier molecular flexibility index (Phi) is 4.96. The number of furan rings is 1. The minimum absolute atomic E-state index is 0.0863. The van der Waals surface area contributed by atoms with Gasteiger partial charge in [0.15, 0.2) is 0 Å². The maximum absolute atomic E-state index is 12.8. The number of hydrogen-bond acceptors (Lipinski definition) is 5. The van der Waals surface area contributed by atoms with Crippen molar-refractivity contribution in [2.45, 2.75) is 13.0 Å². The Bertz CT molecular complexity index is 703. The number of nitrogens with zero attached hydrogens (tertiary/aromatic N) is 1. The van der Waals surface area contributed by atoms with E-state index in [1.807, 2.05) is 6.07 Å². The highest BCUT2D eigenvalue weighted by atomic mass is 16.6. The molecular weight excluding hydrogens is 310 g/mol. The van der Waals surface area contributed by atoms with Crippen molar-refractivity contribution in [1.29, 1.82) is 0 Å². The number of morpholine rings is 1. The topological polar surface area (TPSA) is 69.0 Å². The fourth-order valence-electron chi connectivity index (χ4n) is 2.55. The van der Waals surface area contributed by atoms with Crippen LogP contribution in [0.1, 0.15) is 28.0 Å². The molecule has 126 valence electrons. The highest BCUT2D eigenvalue weighted by Crippen LogP contribution is 2.23. The Morgan fingerprint density at radius 1 is 1.08 bits per heavy atom. The SMILES string of the molecule is Cc1ccc(C(=O)O[C@H](C(=O)N2CCOCC2)c2ccccc2)o1. The van der Waals surface area contributed by atoms with Gasteiger partial charge in [-0.3, -0.25) is 4.79 Å². The van der Waals surface area contributed by atoms with Gasteiger partial charge in [0.25, 0.3) is 5.91 Å². The maximum atomic E-state index is 12.8. The van der Waals surface area contributed by atoms with Crippen LogP contribution in [0.2, 0.25) is 0 Å². The van der Waals surface area contributed by atoms with E-state index in [1.54, 1.807) is 48.2 Å². The number of ether oxygens (including phenoxy) is 2. The Balaban J connectivity index is 1.82. The average molecular weight is 329 g/mol. The second kappa shape index (κ2) is 7.31. The van der Waals surface area contributed by atoms with Gasteiger partial charge in [-0.05, 0) is 19.1 Å². The van der Waals surface area contributed by atoms with Crippen LogP contribution in [-0.4, -0.2) is 43.1 Å². The van der Waals surface area contributed by atoms with Gasteiger partial charge < -0.3 is 18.8 Å². The number of carbonyl (C=O) groups excluding carboxylic acids is 2. The second-order valence-electron chi connectivity index (χ2n) is 5.54. The van der Waals surface area contributed by atoms with Gasteiger partial charge in [0, 0.05) is 18.7 Å². The zero-order valence-electron chi connectivity index (χ0n) is 13.4. The van der Waals surface area contributed by atoms with Gasteiger partial charge in [-0.2, -0.15) is 0 Å². The van der Waals surface area contributed by atoms with Crippen LogP contribution in [0, 0.1) is 6.92 Å². The molecule has 24 heavy (non-hydrogen) atoms. The van der Waals surface area contributed by atoms with Crippen LogP contribution in [0.3, 0.4) is 0 Å². The van der Waals surface area contributed by atoms with Crippen molar-refractivity contribution in [3.63, 3.8) is 0 Å². The summed E-state index contributed by atoms with van der Waals surface area (Å²) in [7, 11) is 0. The third kappa shape index (κ3) is 3.65. The van der Waals surface area contributed by atoms with Crippen LogP contribution in [0.5, 0.6) is 0 Å². The Hall–Kier alpha value is -2.60. The Labute approximate surface area is 140 Å². The summed E-state index contributed by atoms with van der Waals surface area (Å²) in [5, 5.41) is 0. The molecule has 1 amide bonds. The van der Waals surface area contributed by atoms with Gasteiger partial charge in [-0.15, -0.1) is 0 Å². The van der Waals surface area contributed by atoms with E-state index >= 15 is 0 Å². The minimum Gasteiger partial charge on any atom is -0.454 e. The standard InChI is InChI=1S/C18H19NO5/c1-13-7-8-15(23-13)18(21)24-16(14-5-3-2-4-6-14)17(20)19-9-11-22-12-10-19/h2-8,16H,9-12H2,1H3/t16-/m0/s1. The average Bonchev–Trinajstić information content (AvgIpc) is 3.07. The quantitative estimate of drug-likeness (QED) is 0.805. The monoisotopic (exact) mass is 329 g/mol. The van der Waals surface area contributed by atoms with Gasteiger partial charge in [-0.25, -0.2) is 4.79 Å². The molecule has 0 spiro atoms. The summed E-state index contributed by atoms with van der Waals surface area (Å²) in [5.41, 5.74) is 0.630. The van der Waals surface area contributed by atoms with Gasteiger partial charge in [0.2, 0.25) is 11.9 Å². The molecule has 1 aliphatic heterocycles. The normalized spacial score (nSPS) is 15.8. The third-order valence-electron chi connectivity index (χ3n) is 3.82. The van der Waals surface area contributed by atoms with E-state index in [2.05, 4.69) is 0 Å². The molecule has 1 saturated heterocycles. The van der Waals surface area contributed by atoms with Crippen molar-refractivity contribution < 1.29 is 23.5 Å². The number of carbonyl (C=O) groups is 2. The first kappa shape index (κ1) is 16.3. The largest absolute Gasteiger partial charge is 0.454 e. The number of amides is 1. The van der Waals surface area contributed by atoms with Crippen molar-refractivity contribution in [3.05, 3.63) is 59.5 Å². The van der Waals surface area contributed by atoms with Crippen molar-refractivity contribution in [2.24, 2.45) is 0 Å². The van der Waals surface area contributed by atoms with Crippen LogP contribution >= 0.6 is 0 Å². The van der Waals surface area contributed by atoms with Crippen LogP contribution in [0.25, 0.3) is 0 Å². The number of hydrogen-bond donors (Lipinski definition) is 0. The molecule has 1 atom stereocenters. The Morgan fingerprint density at radius 2 is 1.79 bits per heavy atom. The van der Waals surface area contributed by atoms with Crippen LogP contribution in [-0.2, 0) is 14.3 Å². The van der Waals surface area contributed by atoms with E-state index in [1.165, 1.54) is 0 Å². The predicted molar refractivity (Wildman–Crippen MR) is 85.4 cm³/mol. The lowest BCUT2D eigenvalue weighted by molar-refractivity contribution is -0.145. The summed E-state index contributed by atoms with van der Waals surface area (Å²) in [5.74, 6) is -0.208. The van der Waals surface area contributed by atoms with E-state index in [9.17, 15) is 9.59 Å². The predicted octanol–water partition coefficient (Wildman–Crippen LogP) is 2.34. The summed E-state index contributed by atoms with van der Waals surface area (Å²) < 4.78 is 16.0. The first-order chi connectivity index (χ1) is 11.6. The van der Waals surface area contributed by atoms with Crippen molar-refractivity contribution in [3.8, 4) is 0 Å². The molecular formula is C18H19NO5. The van der Waals surface area contributed by atoms with Crippen molar-refractivity contribution >= 4 is 11.9 Å². The molecule has 3 rings (SSSR count). The molecule has 0 saturated carbocycles. The molecule has 0 radical (unpaired) electrons. The molecule has 1 aromatic heterocycles. The van der Waals surface area contributed by atoms with Crippen LogP contribution < -0.4 is 0 Å². The molecule has 1 fully saturated rings. The van der Waals surface area contributed by atoms with E-state index in [0.717, 1.165) is 0 Å². The summed E-state index contributed by atoms with van der Waals surface area (Å²) in [6.45, 7) is 3.68. The van der Waals surface area contributed by atoms with Gasteiger partial charge in [0.05, 0.1) is 13.2 Å². The number of benzene rings is 1. The molecule has 0 bridgehead atoms. The second-order valence-corrected chi connectivity index (χ2v) is 5.54. The maximum Gasteiger partial charge on any atom is 0.375 e. The highest BCUT2D eigenvalue weighted by molar-refractivity contribution is 5.90. The van der Waals surface area contributed by atoms with Gasteiger partial charge in [-0.1, -0.05) is 30.3 Å². The molecule has 2 aromatic rings. The van der Waals surface area contributed by atoms with E-state index in [-0.39, 0.29) is 11.7 Å². The Morgan fingerprint density at radius 3 is 2.42 bits per heavy atom. The molecule has 1 aromatic carbocycles. The van der Waals surface area contributed by atoms with E-state index in [0.29, 0.717) is 37.6 Å². The fourth-order valence-corrected chi connectivity index (χ4v) is 2.55. The molecule has 2 heterocycles. The molecule has 0 N–H and O–H groups in total.